The highest BCUT2D eigenvalue weighted by Crippen LogP contribution is 2.26. The van der Waals surface area contributed by atoms with E-state index in [9.17, 15) is 14.3 Å². The van der Waals surface area contributed by atoms with Crippen LogP contribution in [0.4, 0.5) is 4.39 Å². The molecule has 0 aliphatic carbocycles. The molecule has 0 amide bonds. The summed E-state index contributed by atoms with van der Waals surface area (Å²) in [5.74, 6) is -1.10. The van der Waals surface area contributed by atoms with Crippen molar-refractivity contribution in [3.05, 3.63) is 34.1 Å². The normalized spacial score (nSPS) is 11.6. The molecule has 0 saturated carbocycles. The third kappa shape index (κ3) is 3.76. The number of benzene rings is 1. The molecule has 1 aromatic carbocycles. The molecule has 0 atom stereocenters. The van der Waals surface area contributed by atoms with Crippen LogP contribution < -0.4 is 5.32 Å². The van der Waals surface area contributed by atoms with Crippen LogP contribution in [0.2, 0.25) is 0 Å². The fourth-order valence-electron chi connectivity index (χ4n) is 2.01. The number of hydrogen-bond acceptors (Lipinski definition) is 2. The topological polar surface area (TPSA) is 49.3 Å². The highest BCUT2D eigenvalue weighted by molar-refractivity contribution is 9.10. The van der Waals surface area contributed by atoms with E-state index in [4.69, 9.17) is 0 Å². The Labute approximate surface area is 121 Å². The molecule has 0 heterocycles. The van der Waals surface area contributed by atoms with Crippen LogP contribution >= 0.6 is 15.9 Å². The number of aliphatic carboxylic acids is 1. The van der Waals surface area contributed by atoms with Gasteiger partial charge in [-0.2, -0.15) is 0 Å². The molecule has 0 aromatic heterocycles. The molecule has 0 fully saturated rings. The van der Waals surface area contributed by atoms with Crippen molar-refractivity contribution in [2.45, 2.75) is 33.2 Å². The molecule has 2 N–H and O–H groups in total. The van der Waals surface area contributed by atoms with Crippen molar-refractivity contribution in [2.24, 2.45) is 5.41 Å². The van der Waals surface area contributed by atoms with Crippen LogP contribution in [0.25, 0.3) is 0 Å². The zero-order valence-corrected chi connectivity index (χ0v) is 12.8. The van der Waals surface area contributed by atoms with E-state index in [0.29, 0.717) is 36.0 Å². The molecular weight excluding hydrogens is 313 g/mol. The van der Waals surface area contributed by atoms with Crippen molar-refractivity contribution >= 4 is 21.9 Å². The summed E-state index contributed by atoms with van der Waals surface area (Å²) in [7, 11) is 0. The second-order valence-corrected chi connectivity index (χ2v) is 5.45. The lowest BCUT2D eigenvalue weighted by Crippen LogP contribution is -2.40. The van der Waals surface area contributed by atoms with Gasteiger partial charge < -0.3 is 10.4 Å². The van der Waals surface area contributed by atoms with Crippen molar-refractivity contribution in [1.29, 1.82) is 0 Å². The molecule has 5 heteroatoms. The predicted molar refractivity (Wildman–Crippen MR) is 76.5 cm³/mol. The average Bonchev–Trinajstić information content (AvgIpc) is 2.38. The van der Waals surface area contributed by atoms with Gasteiger partial charge in [0.25, 0.3) is 0 Å². The van der Waals surface area contributed by atoms with Crippen LogP contribution in [-0.2, 0) is 11.3 Å². The molecule has 1 rings (SSSR count). The van der Waals surface area contributed by atoms with Gasteiger partial charge in [0, 0.05) is 23.1 Å². The van der Waals surface area contributed by atoms with Gasteiger partial charge in [-0.25, -0.2) is 4.39 Å². The van der Waals surface area contributed by atoms with Crippen molar-refractivity contribution in [1.82, 2.24) is 5.32 Å². The maximum absolute atomic E-state index is 13.6. The molecule has 0 saturated heterocycles. The zero-order valence-electron chi connectivity index (χ0n) is 11.2. The Hall–Kier alpha value is -0.940. The summed E-state index contributed by atoms with van der Waals surface area (Å²) in [6.07, 6.45) is 1.09. The highest BCUT2D eigenvalue weighted by atomic mass is 79.9. The Morgan fingerprint density at radius 1 is 1.42 bits per heavy atom. The van der Waals surface area contributed by atoms with Crippen LogP contribution in [0.15, 0.2) is 22.7 Å². The highest BCUT2D eigenvalue weighted by Gasteiger charge is 2.34. The first kappa shape index (κ1) is 16.1. The first-order valence-electron chi connectivity index (χ1n) is 6.34. The van der Waals surface area contributed by atoms with Crippen LogP contribution in [0.1, 0.15) is 32.3 Å². The number of hydrogen-bond donors (Lipinski definition) is 2. The number of carboxylic acid groups (broad SMARTS) is 1. The monoisotopic (exact) mass is 331 g/mol. The molecule has 0 aliphatic heterocycles. The summed E-state index contributed by atoms with van der Waals surface area (Å²) in [5.41, 5.74) is -0.258. The van der Waals surface area contributed by atoms with Gasteiger partial charge in [-0.15, -0.1) is 0 Å². The summed E-state index contributed by atoms with van der Waals surface area (Å²) >= 11 is 3.29. The van der Waals surface area contributed by atoms with Gasteiger partial charge >= 0.3 is 5.97 Å². The van der Waals surface area contributed by atoms with Crippen molar-refractivity contribution in [2.75, 3.05) is 6.54 Å². The summed E-state index contributed by atoms with van der Waals surface area (Å²) in [5, 5.41) is 12.4. The van der Waals surface area contributed by atoms with Gasteiger partial charge in [-0.3, -0.25) is 4.79 Å². The van der Waals surface area contributed by atoms with E-state index in [0.717, 1.165) is 0 Å². The van der Waals surface area contributed by atoms with Crippen LogP contribution in [0.3, 0.4) is 0 Å². The van der Waals surface area contributed by atoms with Gasteiger partial charge in [-0.1, -0.05) is 35.8 Å². The smallest absolute Gasteiger partial charge is 0.310 e. The van der Waals surface area contributed by atoms with E-state index in [-0.39, 0.29) is 5.82 Å². The molecular formula is C14H19BrFNO2. The lowest BCUT2D eigenvalue weighted by atomic mass is 9.82. The Morgan fingerprint density at radius 2 is 2.05 bits per heavy atom. The lowest BCUT2D eigenvalue weighted by molar-refractivity contribution is -0.149. The first-order valence-corrected chi connectivity index (χ1v) is 7.13. The van der Waals surface area contributed by atoms with Crippen LogP contribution in [0.5, 0.6) is 0 Å². The number of nitrogens with one attached hydrogen (secondary N) is 1. The van der Waals surface area contributed by atoms with Crippen LogP contribution in [0, 0.1) is 11.2 Å². The molecule has 3 nitrogen and oxygen atoms in total. The third-order valence-electron chi connectivity index (χ3n) is 3.63. The second-order valence-electron chi connectivity index (χ2n) is 4.60. The SMILES string of the molecule is CCC(CC)(CNCc1c(F)cccc1Br)C(=O)O. The third-order valence-corrected chi connectivity index (χ3v) is 4.38. The number of rotatable bonds is 7. The number of carboxylic acids is 1. The molecule has 106 valence electrons. The Balaban J connectivity index is 2.70. The molecule has 0 bridgehead atoms. The minimum absolute atomic E-state index is 0.296. The van der Waals surface area contributed by atoms with Gasteiger partial charge in [0.1, 0.15) is 5.82 Å². The Kier molecular flexibility index (Phi) is 5.94. The Bertz CT molecular complexity index is 427. The maximum Gasteiger partial charge on any atom is 0.310 e. The van der Waals surface area contributed by atoms with E-state index in [1.807, 2.05) is 13.8 Å². The van der Waals surface area contributed by atoms with Gasteiger partial charge in [0.05, 0.1) is 5.41 Å². The van der Waals surface area contributed by atoms with Crippen molar-refractivity contribution < 1.29 is 14.3 Å². The lowest BCUT2D eigenvalue weighted by Gasteiger charge is -2.27. The van der Waals surface area contributed by atoms with Crippen molar-refractivity contribution in [3.8, 4) is 0 Å². The molecule has 0 unspecified atom stereocenters. The van der Waals surface area contributed by atoms with Gasteiger partial charge in [-0.05, 0) is 25.0 Å². The maximum atomic E-state index is 13.6. The van der Waals surface area contributed by atoms with E-state index in [2.05, 4.69) is 21.2 Å². The first-order chi connectivity index (χ1) is 8.96. The molecule has 0 radical (unpaired) electrons. The summed E-state index contributed by atoms with van der Waals surface area (Å²) in [6.45, 7) is 4.36. The zero-order chi connectivity index (χ0) is 14.5. The Morgan fingerprint density at radius 3 is 2.53 bits per heavy atom. The molecule has 0 aliphatic rings. The molecule has 19 heavy (non-hydrogen) atoms. The van der Waals surface area contributed by atoms with Crippen molar-refractivity contribution in [3.63, 3.8) is 0 Å². The quantitative estimate of drug-likeness (QED) is 0.803. The standard InChI is InChI=1S/C14H19BrFNO2/c1-3-14(4-2,13(18)19)9-17-8-10-11(15)6-5-7-12(10)16/h5-7,17H,3-4,8-9H2,1-2H3,(H,18,19). The molecule has 0 spiro atoms. The number of carbonyl (C=O) groups is 1. The van der Waals surface area contributed by atoms with Gasteiger partial charge in [0.2, 0.25) is 0 Å². The fourth-order valence-corrected chi connectivity index (χ4v) is 2.49. The number of halogens is 2. The predicted octanol–water partition coefficient (Wildman–Crippen LogP) is 3.57. The van der Waals surface area contributed by atoms with E-state index >= 15 is 0 Å². The van der Waals surface area contributed by atoms with E-state index in [1.54, 1.807) is 12.1 Å². The minimum atomic E-state index is -0.808. The van der Waals surface area contributed by atoms with Crippen LogP contribution in [-0.4, -0.2) is 17.6 Å². The molecule has 1 aromatic rings. The van der Waals surface area contributed by atoms with E-state index in [1.165, 1.54) is 6.07 Å². The van der Waals surface area contributed by atoms with E-state index < -0.39 is 11.4 Å². The average molecular weight is 332 g/mol. The fraction of sp³-hybridized carbons (Fsp3) is 0.500. The summed E-state index contributed by atoms with van der Waals surface area (Å²) < 4.78 is 14.3. The summed E-state index contributed by atoms with van der Waals surface area (Å²) in [4.78, 5) is 11.3. The summed E-state index contributed by atoms with van der Waals surface area (Å²) in [6, 6.07) is 4.79. The minimum Gasteiger partial charge on any atom is -0.481 e. The van der Waals surface area contributed by atoms with Gasteiger partial charge in [0.15, 0.2) is 0 Å². The second kappa shape index (κ2) is 7.01. The largest absolute Gasteiger partial charge is 0.481 e.